The van der Waals surface area contributed by atoms with E-state index >= 15 is 0 Å². The molecule has 32 heavy (non-hydrogen) atoms. The normalized spacial score (nSPS) is 13.5. The number of fused-ring (bicyclic) bond motifs is 2. The summed E-state index contributed by atoms with van der Waals surface area (Å²) < 4.78 is 10.6. The van der Waals surface area contributed by atoms with Gasteiger partial charge in [0.1, 0.15) is 11.8 Å². The fraction of sp³-hybridized carbons (Fsp3) is 0.208. The fourth-order valence-electron chi connectivity index (χ4n) is 3.45. The average molecular weight is 433 g/mol. The SMILES string of the molecule is CC(C)[C@H](NC(=O)c1ccc2c(c1)OCO2)C(=O)N/N=C\c1c(O)ccc2ccccc12. The van der Waals surface area contributed by atoms with Crippen molar-refractivity contribution in [2.24, 2.45) is 11.0 Å². The number of hydrazone groups is 1. The van der Waals surface area contributed by atoms with Gasteiger partial charge < -0.3 is 19.9 Å². The Kier molecular flexibility index (Phi) is 5.93. The summed E-state index contributed by atoms with van der Waals surface area (Å²) in [4.78, 5) is 25.4. The van der Waals surface area contributed by atoms with Gasteiger partial charge in [-0.15, -0.1) is 0 Å². The number of benzene rings is 3. The first-order chi connectivity index (χ1) is 15.4. The summed E-state index contributed by atoms with van der Waals surface area (Å²) in [6.07, 6.45) is 1.40. The first-order valence-corrected chi connectivity index (χ1v) is 10.2. The van der Waals surface area contributed by atoms with Gasteiger partial charge in [0.05, 0.1) is 6.21 Å². The maximum Gasteiger partial charge on any atom is 0.262 e. The molecular weight excluding hydrogens is 410 g/mol. The highest BCUT2D eigenvalue weighted by Crippen LogP contribution is 2.32. The molecule has 1 atom stereocenters. The number of rotatable bonds is 6. The lowest BCUT2D eigenvalue weighted by Crippen LogP contribution is -2.48. The maximum absolute atomic E-state index is 12.7. The lowest BCUT2D eigenvalue weighted by molar-refractivity contribution is -0.123. The molecule has 3 aromatic carbocycles. The van der Waals surface area contributed by atoms with Crippen molar-refractivity contribution >= 4 is 28.8 Å². The summed E-state index contributed by atoms with van der Waals surface area (Å²) in [7, 11) is 0. The molecule has 1 aliphatic rings. The quantitative estimate of drug-likeness (QED) is 0.409. The molecule has 0 aliphatic carbocycles. The van der Waals surface area contributed by atoms with Crippen LogP contribution in [-0.2, 0) is 4.79 Å². The Labute approximate surface area is 184 Å². The molecule has 4 rings (SSSR count). The van der Waals surface area contributed by atoms with Gasteiger partial charge in [0, 0.05) is 11.1 Å². The number of carbonyl (C=O) groups is 2. The number of carbonyl (C=O) groups excluding carboxylic acids is 2. The minimum Gasteiger partial charge on any atom is -0.507 e. The summed E-state index contributed by atoms with van der Waals surface area (Å²) in [5.41, 5.74) is 3.32. The maximum atomic E-state index is 12.7. The van der Waals surface area contributed by atoms with Gasteiger partial charge in [-0.2, -0.15) is 5.10 Å². The van der Waals surface area contributed by atoms with Crippen molar-refractivity contribution in [1.29, 1.82) is 0 Å². The van der Waals surface area contributed by atoms with Crippen LogP contribution >= 0.6 is 0 Å². The van der Waals surface area contributed by atoms with Gasteiger partial charge >= 0.3 is 0 Å². The second-order valence-electron chi connectivity index (χ2n) is 7.72. The van der Waals surface area contributed by atoms with Crippen molar-refractivity contribution in [3.8, 4) is 17.2 Å². The summed E-state index contributed by atoms with van der Waals surface area (Å²) in [6, 6.07) is 15.0. The van der Waals surface area contributed by atoms with Gasteiger partial charge in [-0.05, 0) is 41.0 Å². The molecule has 0 saturated carbocycles. The minimum atomic E-state index is -0.814. The number of nitrogens with one attached hydrogen (secondary N) is 2. The van der Waals surface area contributed by atoms with E-state index in [1.165, 1.54) is 6.21 Å². The fourth-order valence-corrected chi connectivity index (χ4v) is 3.45. The minimum absolute atomic E-state index is 0.0539. The second-order valence-corrected chi connectivity index (χ2v) is 7.72. The van der Waals surface area contributed by atoms with Crippen LogP contribution in [0.5, 0.6) is 17.2 Å². The molecule has 1 heterocycles. The highest BCUT2D eigenvalue weighted by atomic mass is 16.7. The third kappa shape index (κ3) is 4.34. The van der Waals surface area contributed by atoms with Gasteiger partial charge in [-0.1, -0.05) is 44.2 Å². The van der Waals surface area contributed by atoms with Crippen LogP contribution in [0.25, 0.3) is 10.8 Å². The molecule has 8 nitrogen and oxygen atoms in total. The standard InChI is InChI=1S/C24H23N3O5/c1-14(2)22(26-23(29)16-8-10-20-21(11-16)32-13-31-20)24(30)27-25-12-18-17-6-4-3-5-15(17)7-9-19(18)28/h3-12,14,22,28H,13H2,1-2H3,(H,26,29)(H,27,30)/b25-12-/t22-/m0/s1. The van der Waals surface area contributed by atoms with Crippen molar-refractivity contribution in [3.05, 3.63) is 65.7 Å². The first-order valence-electron chi connectivity index (χ1n) is 10.2. The third-order valence-electron chi connectivity index (χ3n) is 5.19. The smallest absolute Gasteiger partial charge is 0.262 e. The van der Waals surface area contributed by atoms with E-state index in [2.05, 4.69) is 15.8 Å². The van der Waals surface area contributed by atoms with Crippen molar-refractivity contribution in [3.63, 3.8) is 0 Å². The van der Waals surface area contributed by atoms with Crippen LogP contribution in [0.15, 0.2) is 59.7 Å². The topological polar surface area (TPSA) is 109 Å². The number of nitrogens with zero attached hydrogens (tertiary/aromatic N) is 1. The first kappa shape index (κ1) is 21.2. The van der Waals surface area contributed by atoms with Gasteiger partial charge in [0.25, 0.3) is 11.8 Å². The Morgan fingerprint density at radius 3 is 2.66 bits per heavy atom. The van der Waals surface area contributed by atoms with Crippen molar-refractivity contribution in [1.82, 2.24) is 10.7 Å². The summed E-state index contributed by atoms with van der Waals surface area (Å²) >= 11 is 0. The van der Waals surface area contributed by atoms with E-state index in [-0.39, 0.29) is 18.5 Å². The Balaban J connectivity index is 1.46. The zero-order valence-corrected chi connectivity index (χ0v) is 17.7. The van der Waals surface area contributed by atoms with Crippen LogP contribution in [0.3, 0.4) is 0 Å². The Bertz CT molecular complexity index is 1210. The molecule has 1 aliphatic heterocycles. The monoisotopic (exact) mass is 433 g/mol. The predicted molar refractivity (Wildman–Crippen MR) is 120 cm³/mol. The van der Waals surface area contributed by atoms with E-state index in [0.29, 0.717) is 22.6 Å². The molecule has 3 N–H and O–H groups in total. The zero-order chi connectivity index (χ0) is 22.7. The number of hydrogen-bond donors (Lipinski definition) is 3. The Morgan fingerprint density at radius 2 is 1.84 bits per heavy atom. The molecule has 0 fully saturated rings. The van der Waals surface area contributed by atoms with Crippen LogP contribution in [0.2, 0.25) is 0 Å². The molecule has 2 amide bonds. The van der Waals surface area contributed by atoms with Crippen molar-refractivity contribution < 1.29 is 24.2 Å². The van der Waals surface area contributed by atoms with E-state index in [9.17, 15) is 14.7 Å². The van der Waals surface area contributed by atoms with Gasteiger partial charge in [-0.3, -0.25) is 9.59 Å². The van der Waals surface area contributed by atoms with E-state index in [0.717, 1.165) is 10.8 Å². The molecular formula is C24H23N3O5. The number of phenolic OH excluding ortho intramolecular Hbond substituents is 1. The zero-order valence-electron chi connectivity index (χ0n) is 17.7. The van der Waals surface area contributed by atoms with Gasteiger partial charge in [-0.25, -0.2) is 5.43 Å². The molecule has 8 heteroatoms. The van der Waals surface area contributed by atoms with E-state index < -0.39 is 17.9 Å². The van der Waals surface area contributed by atoms with E-state index in [1.807, 2.05) is 38.1 Å². The van der Waals surface area contributed by atoms with Crippen molar-refractivity contribution in [2.45, 2.75) is 19.9 Å². The van der Waals surface area contributed by atoms with E-state index in [1.54, 1.807) is 30.3 Å². The third-order valence-corrected chi connectivity index (χ3v) is 5.19. The molecule has 0 unspecified atom stereocenters. The molecule has 0 bridgehead atoms. The molecule has 0 radical (unpaired) electrons. The predicted octanol–water partition coefficient (Wildman–Crippen LogP) is 3.18. The average Bonchev–Trinajstić information content (AvgIpc) is 3.26. The summed E-state index contributed by atoms with van der Waals surface area (Å²) in [5, 5.41) is 18.7. The lowest BCUT2D eigenvalue weighted by Gasteiger charge is -2.20. The number of ether oxygens (including phenoxy) is 2. The van der Waals surface area contributed by atoms with Crippen LogP contribution in [0, 0.1) is 5.92 Å². The highest BCUT2D eigenvalue weighted by Gasteiger charge is 2.25. The molecule has 3 aromatic rings. The van der Waals surface area contributed by atoms with Gasteiger partial charge in [0.2, 0.25) is 6.79 Å². The molecule has 164 valence electrons. The highest BCUT2D eigenvalue weighted by molar-refractivity contribution is 6.03. The largest absolute Gasteiger partial charge is 0.507 e. The molecule has 0 saturated heterocycles. The summed E-state index contributed by atoms with van der Waals surface area (Å²) in [5.74, 6) is 0.0543. The van der Waals surface area contributed by atoms with Crippen LogP contribution in [-0.4, -0.2) is 36.0 Å². The summed E-state index contributed by atoms with van der Waals surface area (Å²) in [6.45, 7) is 3.76. The second kappa shape index (κ2) is 8.97. The number of aromatic hydroxyl groups is 1. The molecule has 0 aromatic heterocycles. The van der Waals surface area contributed by atoms with Gasteiger partial charge in [0.15, 0.2) is 11.5 Å². The number of phenols is 1. The number of amides is 2. The molecule has 0 spiro atoms. The van der Waals surface area contributed by atoms with E-state index in [4.69, 9.17) is 9.47 Å². The van der Waals surface area contributed by atoms with Crippen LogP contribution in [0.4, 0.5) is 0 Å². The van der Waals surface area contributed by atoms with Crippen LogP contribution in [0.1, 0.15) is 29.8 Å². The Hall–Kier alpha value is -4.07. The Morgan fingerprint density at radius 1 is 1.06 bits per heavy atom. The lowest BCUT2D eigenvalue weighted by atomic mass is 10.0. The van der Waals surface area contributed by atoms with Crippen LogP contribution < -0.4 is 20.2 Å². The van der Waals surface area contributed by atoms with Crippen molar-refractivity contribution in [2.75, 3.05) is 6.79 Å². The number of hydrogen-bond acceptors (Lipinski definition) is 6.